The van der Waals surface area contributed by atoms with Crippen LogP contribution in [0.1, 0.15) is 51.2 Å². The Morgan fingerprint density at radius 3 is 2.63 bits per heavy atom. The average Bonchev–Trinajstić information content (AvgIpc) is 2.33. The summed E-state index contributed by atoms with van der Waals surface area (Å²) >= 11 is 6.21. The zero-order valence-corrected chi connectivity index (χ0v) is 12.8. The molecule has 1 atom stereocenters. The van der Waals surface area contributed by atoms with E-state index in [4.69, 9.17) is 11.6 Å². The van der Waals surface area contributed by atoms with Crippen LogP contribution in [0.5, 0.6) is 5.75 Å². The SMILES string of the molecule is CC(C)(C)c1cc(Cl)cc(CC2CCCCN2)c1O. The monoisotopic (exact) mass is 281 g/mol. The first-order valence-corrected chi connectivity index (χ1v) is 7.51. The number of halogens is 1. The molecule has 2 rings (SSSR count). The molecular formula is C16H24ClNO. The van der Waals surface area contributed by atoms with Crippen LogP contribution in [-0.4, -0.2) is 17.7 Å². The molecule has 106 valence electrons. The summed E-state index contributed by atoms with van der Waals surface area (Å²) in [6, 6.07) is 4.25. The van der Waals surface area contributed by atoms with Crippen LogP contribution >= 0.6 is 11.6 Å². The van der Waals surface area contributed by atoms with Crippen molar-refractivity contribution in [2.45, 2.75) is 57.9 Å². The van der Waals surface area contributed by atoms with E-state index < -0.39 is 0 Å². The molecule has 1 saturated heterocycles. The van der Waals surface area contributed by atoms with E-state index in [2.05, 4.69) is 26.1 Å². The number of aromatic hydroxyl groups is 1. The van der Waals surface area contributed by atoms with E-state index in [0.717, 1.165) is 24.1 Å². The van der Waals surface area contributed by atoms with Crippen LogP contribution in [0, 0.1) is 0 Å². The Hall–Kier alpha value is -0.730. The minimum atomic E-state index is -0.0935. The third-order valence-electron chi connectivity index (χ3n) is 3.84. The fraction of sp³-hybridized carbons (Fsp3) is 0.625. The molecule has 2 N–H and O–H groups in total. The van der Waals surface area contributed by atoms with Crippen molar-refractivity contribution in [3.8, 4) is 5.75 Å². The summed E-state index contributed by atoms with van der Waals surface area (Å²) in [5.74, 6) is 0.421. The predicted octanol–water partition coefficient (Wildman–Crippen LogP) is 4.03. The molecule has 1 unspecified atom stereocenters. The Bertz CT molecular complexity index is 445. The molecule has 0 aromatic heterocycles. The fourth-order valence-electron chi connectivity index (χ4n) is 2.75. The lowest BCUT2D eigenvalue weighted by atomic mass is 9.84. The summed E-state index contributed by atoms with van der Waals surface area (Å²) in [6.07, 6.45) is 4.56. The van der Waals surface area contributed by atoms with Gasteiger partial charge in [0.1, 0.15) is 5.75 Å². The lowest BCUT2D eigenvalue weighted by molar-refractivity contribution is 0.388. The van der Waals surface area contributed by atoms with E-state index in [0.29, 0.717) is 16.8 Å². The molecule has 0 amide bonds. The second-order valence-electron chi connectivity index (χ2n) is 6.56. The highest BCUT2D eigenvalue weighted by molar-refractivity contribution is 6.30. The number of nitrogens with one attached hydrogen (secondary N) is 1. The smallest absolute Gasteiger partial charge is 0.122 e. The Morgan fingerprint density at radius 1 is 1.32 bits per heavy atom. The van der Waals surface area contributed by atoms with Crippen LogP contribution in [0.3, 0.4) is 0 Å². The summed E-state index contributed by atoms with van der Waals surface area (Å²) in [5, 5.41) is 14.7. The molecule has 1 aromatic rings. The van der Waals surface area contributed by atoms with Crippen molar-refractivity contribution in [2.75, 3.05) is 6.54 Å². The summed E-state index contributed by atoms with van der Waals surface area (Å²) in [7, 11) is 0. The van der Waals surface area contributed by atoms with Crippen LogP contribution in [0.4, 0.5) is 0 Å². The van der Waals surface area contributed by atoms with Crippen LogP contribution in [-0.2, 0) is 11.8 Å². The fourth-order valence-corrected chi connectivity index (χ4v) is 2.99. The van der Waals surface area contributed by atoms with Gasteiger partial charge in [0, 0.05) is 16.6 Å². The molecule has 0 spiro atoms. The van der Waals surface area contributed by atoms with Crippen molar-refractivity contribution in [1.29, 1.82) is 0 Å². The van der Waals surface area contributed by atoms with Crippen molar-refractivity contribution in [3.05, 3.63) is 28.3 Å². The standard InChI is InChI=1S/C16H24ClNO/c1-16(2,3)14-10-12(17)8-11(15(14)19)9-13-6-4-5-7-18-13/h8,10,13,18-19H,4-7,9H2,1-3H3. The van der Waals surface area contributed by atoms with Gasteiger partial charge >= 0.3 is 0 Å². The van der Waals surface area contributed by atoms with E-state index in [1.807, 2.05) is 12.1 Å². The maximum Gasteiger partial charge on any atom is 0.122 e. The largest absolute Gasteiger partial charge is 0.507 e. The van der Waals surface area contributed by atoms with Gasteiger partial charge in [-0.25, -0.2) is 0 Å². The second-order valence-corrected chi connectivity index (χ2v) is 7.00. The minimum Gasteiger partial charge on any atom is -0.507 e. The Kier molecular flexibility index (Phi) is 4.42. The van der Waals surface area contributed by atoms with Crippen LogP contribution in [0.2, 0.25) is 5.02 Å². The number of rotatable bonds is 2. The van der Waals surface area contributed by atoms with Gasteiger partial charge in [0.2, 0.25) is 0 Å². The highest BCUT2D eigenvalue weighted by atomic mass is 35.5. The zero-order chi connectivity index (χ0) is 14.0. The van der Waals surface area contributed by atoms with Crippen molar-refractivity contribution in [3.63, 3.8) is 0 Å². The molecule has 1 aliphatic heterocycles. The van der Waals surface area contributed by atoms with Gasteiger partial charge in [-0.3, -0.25) is 0 Å². The van der Waals surface area contributed by atoms with Crippen molar-refractivity contribution < 1.29 is 5.11 Å². The van der Waals surface area contributed by atoms with Gasteiger partial charge in [-0.1, -0.05) is 38.8 Å². The Labute approximate surface area is 121 Å². The summed E-state index contributed by atoms with van der Waals surface area (Å²) in [4.78, 5) is 0. The molecule has 0 bridgehead atoms. The highest BCUT2D eigenvalue weighted by Gasteiger charge is 2.23. The molecule has 0 radical (unpaired) electrons. The lowest BCUT2D eigenvalue weighted by Crippen LogP contribution is -2.35. The number of piperidine rings is 1. The number of hydrogen-bond acceptors (Lipinski definition) is 2. The Morgan fingerprint density at radius 2 is 2.05 bits per heavy atom. The van der Waals surface area contributed by atoms with Crippen molar-refractivity contribution >= 4 is 11.6 Å². The summed E-state index contributed by atoms with van der Waals surface area (Å²) < 4.78 is 0. The van der Waals surface area contributed by atoms with Crippen LogP contribution < -0.4 is 5.32 Å². The molecule has 3 heteroatoms. The van der Waals surface area contributed by atoms with Crippen LogP contribution in [0.15, 0.2) is 12.1 Å². The van der Waals surface area contributed by atoms with Gasteiger partial charge < -0.3 is 10.4 Å². The molecule has 0 aliphatic carbocycles. The topological polar surface area (TPSA) is 32.3 Å². The first-order valence-electron chi connectivity index (χ1n) is 7.13. The average molecular weight is 282 g/mol. The van der Waals surface area contributed by atoms with Gasteiger partial charge in [0.25, 0.3) is 0 Å². The molecule has 2 nitrogen and oxygen atoms in total. The van der Waals surface area contributed by atoms with E-state index >= 15 is 0 Å². The molecule has 1 aliphatic rings. The molecule has 0 saturated carbocycles. The number of phenols is 1. The van der Waals surface area contributed by atoms with E-state index in [1.165, 1.54) is 19.3 Å². The van der Waals surface area contributed by atoms with Crippen LogP contribution in [0.25, 0.3) is 0 Å². The summed E-state index contributed by atoms with van der Waals surface area (Å²) in [6.45, 7) is 7.38. The third-order valence-corrected chi connectivity index (χ3v) is 4.06. The maximum absolute atomic E-state index is 10.5. The van der Waals surface area contributed by atoms with E-state index in [1.54, 1.807) is 0 Å². The maximum atomic E-state index is 10.5. The highest BCUT2D eigenvalue weighted by Crippen LogP contribution is 2.36. The van der Waals surface area contributed by atoms with Gasteiger partial charge in [-0.05, 0) is 48.9 Å². The van der Waals surface area contributed by atoms with Gasteiger partial charge in [0.05, 0.1) is 0 Å². The van der Waals surface area contributed by atoms with Gasteiger partial charge in [0.15, 0.2) is 0 Å². The van der Waals surface area contributed by atoms with E-state index in [9.17, 15) is 5.11 Å². The summed E-state index contributed by atoms with van der Waals surface area (Å²) in [5.41, 5.74) is 1.81. The molecular weight excluding hydrogens is 258 g/mol. The lowest BCUT2D eigenvalue weighted by Gasteiger charge is -2.26. The number of phenolic OH excluding ortho intramolecular Hbond substituents is 1. The normalized spacial score (nSPS) is 20.5. The van der Waals surface area contributed by atoms with Crippen molar-refractivity contribution in [1.82, 2.24) is 5.32 Å². The quantitative estimate of drug-likeness (QED) is 0.858. The van der Waals surface area contributed by atoms with E-state index in [-0.39, 0.29) is 5.41 Å². The van der Waals surface area contributed by atoms with Gasteiger partial charge in [-0.15, -0.1) is 0 Å². The number of benzene rings is 1. The minimum absolute atomic E-state index is 0.0935. The van der Waals surface area contributed by atoms with Crippen molar-refractivity contribution in [2.24, 2.45) is 0 Å². The van der Waals surface area contributed by atoms with Gasteiger partial charge in [-0.2, -0.15) is 0 Å². The predicted molar refractivity (Wildman–Crippen MR) is 81.2 cm³/mol. The first-order chi connectivity index (χ1) is 8.88. The number of hydrogen-bond donors (Lipinski definition) is 2. The molecule has 1 heterocycles. The second kappa shape index (κ2) is 5.72. The molecule has 1 aromatic carbocycles. The molecule has 1 fully saturated rings. The molecule has 19 heavy (non-hydrogen) atoms. The Balaban J connectivity index is 2.27. The third kappa shape index (κ3) is 3.64. The first kappa shape index (κ1) is 14.7. The zero-order valence-electron chi connectivity index (χ0n) is 12.1.